The van der Waals surface area contributed by atoms with E-state index in [1.807, 2.05) is 0 Å². The van der Waals surface area contributed by atoms with Crippen LogP contribution in [0.4, 0.5) is 10.1 Å². The quantitative estimate of drug-likeness (QED) is 0.498. The summed E-state index contributed by atoms with van der Waals surface area (Å²) in [7, 11) is 0. The van der Waals surface area contributed by atoms with E-state index < -0.39 is 0 Å². The van der Waals surface area contributed by atoms with Crippen LogP contribution in [0.2, 0.25) is 0 Å². The van der Waals surface area contributed by atoms with Gasteiger partial charge in [-0.1, -0.05) is 0 Å². The number of nitrogens with zero attached hydrogens (tertiary/aromatic N) is 2. The smallest absolute Gasteiger partial charge is 0.130 e. The summed E-state index contributed by atoms with van der Waals surface area (Å²) >= 11 is 2.20. The highest BCUT2D eigenvalue weighted by atomic mass is 127. The average molecular weight is 323 g/mol. The Labute approximate surface area is 95.2 Å². The third kappa shape index (κ3) is 1.39. The SMILES string of the molecule is Cc1c(F)cc2c(cnn2PI)c1N. The number of hydrogen-bond donors (Lipinski definition) is 1. The van der Waals surface area contributed by atoms with Crippen LogP contribution in [0.3, 0.4) is 0 Å². The van der Waals surface area contributed by atoms with Crippen LogP contribution in [0, 0.1) is 12.7 Å². The van der Waals surface area contributed by atoms with Crippen molar-refractivity contribution in [1.82, 2.24) is 9.55 Å². The van der Waals surface area contributed by atoms with Gasteiger partial charge in [0.25, 0.3) is 0 Å². The van der Waals surface area contributed by atoms with Crippen molar-refractivity contribution in [3.05, 3.63) is 23.6 Å². The second-order valence-corrected chi connectivity index (χ2v) is 5.01. The lowest BCUT2D eigenvalue weighted by Gasteiger charge is -2.04. The van der Waals surface area contributed by atoms with Gasteiger partial charge in [0.15, 0.2) is 0 Å². The first kappa shape index (κ1) is 10.1. The third-order valence-electron chi connectivity index (χ3n) is 2.20. The first-order valence-corrected chi connectivity index (χ1v) is 8.00. The summed E-state index contributed by atoms with van der Waals surface area (Å²) in [5.41, 5.74) is 7.54. The molecule has 0 radical (unpaired) electrons. The maximum Gasteiger partial charge on any atom is 0.130 e. The fraction of sp³-hybridized carbons (Fsp3) is 0.125. The Kier molecular flexibility index (Phi) is 2.62. The minimum atomic E-state index is -0.272. The molecule has 0 fully saturated rings. The van der Waals surface area contributed by atoms with E-state index in [9.17, 15) is 4.39 Å². The van der Waals surface area contributed by atoms with E-state index in [-0.39, 0.29) is 5.82 Å². The molecule has 0 aliphatic rings. The summed E-state index contributed by atoms with van der Waals surface area (Å²) in [5, 5.41) is 4.96. The molecule has 2 rings (SSSR count). The van der Waals surface area contributed by atoms with E-state index in [4.69, 9.17) is 5.73 Å². The van der Waals surface area contributed by atoms with Gasteiger partial charge < -0.3 is 5.73 Å². The van der Waals surface area contributed by atoms with E-state index in [0.717, 1.165) is 10.9 Å². The van der Waals surface area contributed by atoms with Crippen LogP contribution in [-0.4, -0.2) is 9.55 Å². The number of anilines is 1. The molecule has 3 nitrogen and oxygen atoms in total. The Morgan fingerprint density at radius 3 is 3.00 bits per heavy atom. The zero-order valence-corrected chi connectivity index (χ0v) is 10.5. The molecule has 1 atom stereocenters. The van der Waals surface area contributed by atoms with Gasteiger partial charge >= 0.3 is 0 Å². The van der Waals surface area contributed by atoms with Crippen molar-refractivity contribution in [2.75, 3.05) is 5.73 Å². The van der Waals surface area contributed by atoms with E-state index in [1.54, 1.807) is 17.6 Å². The number of nitrogen functional groups attached to an aromatic ring is 1. The van der Waals surface area contributed by atoms with Crippen molar-refractivity contribution in [3.63, 3.8) is 0 Å². The summed E-state index contributed by atoms with van der Waals surface area (Å²) in [6.45, 7) is 1.67. The van der Waals surface area contributed by atoms with Crippen LogP contribution in [-0.2, 0) is 0 Å². The zero-order valence-electron chi connectivity index (χ0n) is 7.38. The van der Waals surface area contributed by atoms with Crippen molar-refractivity contribution in [2.24, 2.45) is 0 Å². The van der Waals surface area contributed by atoms with E-state index in [1.165, 1.54) is 6.07 Å². The molecule has 1 aromatic carbocycles. The van der Waals surface area contributed by atoms with Gasteiger partial charge in [0.05, 0.1) is 18.1 Å². The molecule has 0 saturated carbocycles. The number of aromatic nitrogens is 2. The molecule has 2 aromatic rings. The standard InChI is InChI=1S/C8H8FIN3P/c1-4-6(9)2-7-5(8(4)11)3-12-13(7)14-10/h2-3,14H,11H2,1H3. The summed E-state index contributed by atoms with van der Waals surface area (Å²) < 4.78 is 15.1. The van der Waals surface area contributed by atoms with E-state index in [0.29, 0.717) is 17.6 Å². The van der Waals surface area contributed by atoms with Crippen LogP contribution in [0.5, 0.6) is 0 Å². The fourth-order valence-corrected chi connectivity index (χ4v) is 2.86. The second-order valence-electron chi connectivity index (χ2n) is 2.97. The number of hydrogen-bond acceptors (Lipinski definition) is 2. The fourth-order valence-electron chi connectivity index (χ4n) is 1.33. The molecule has 2 N–H and O–H groups in total. The zero-order chi connectivity index (χ0) is 10.3. The Hall–Kier alpha value is -0.420. The largest absolute Gasteiger partial charge is 0.398 e. The molecular formula is C8H8FIN3P. The lowest BCUT2D eigenvalue weighted by Crippen LogP contribution is -1.94. The Morgan fingerprint density at radius 2 is 2.36 bits per heavy atom. The highest BCUT2D eigenvalue weighted by Crippen LogP contribution is 2.32. The average Bonchev–Trinajstić information content (AvgIpc) is 2.57. The number of rotatable bonds is 1. The Bertz CT molecular complexity index is 497. The second kappa shape index (κ2) is 3.62. The molecule has 0 bridgehead atoms. The summed E-state index contributed by atoms with van der Waals surface area (Å²) in [5.74, 6) is -0.272. The molecule has 6 heteroatoms. The highest BCUT2D eigenvalue weighted by Gasteiger charge is 2.11. The van der Waals surface area contributed by atoms with Crippen LogP contribution in [0.1, 0.15) is 5.56 Å². The molecule has 0 aliphatic carbocycles. The van der Waals surface area contributed by atoms with Crippen LogP contribution in [0.25, 0.3) is 10.9 Å². The Morgan fingerprint density at radius 1 is 1.64 bits per heavy atom. The molecule has 0 saturated heterocycles. The van der Waals surface area contributed by atoms with E-state index >= 15 is 0 Å². The molecule has 74 valence electrons. The molecular weight excluding hydrogens is 315 g/mol. The molecule has 1 unspecified atom stereocenters. The van der Waals surface area contributed by atoms with Gasteiger partial charge in [0.2, 0.25) is 0 Å². The van der Waals surface area contributed by atoms with Gasteiger partial charge in [-0.2, -0.15) is 5.10 Å². The van der Waals surface area contributed by atoms with Crippen molar-refractivity contribution in [2.45, 2.75) is 6.92 Å². The van der Waals surface area contributed by atoms with Crippen LogP contribution in [0.15, 0.2) is 12.3 Å². The summed E-state index contributed by atoms with van der Waals surface area (Å²) in [6, 6.07) is 1.49. The minimum Gasteiger partial charge on any atom is -0.398 e. The molecule has 14 heavy (non-hydrogen) atoms. The molecule has 0 aliphatic heterocycles. The lowest BCUT2D eigenvalue weighted by molar-refractivity contribution is 0.621. The summed E-state index contributed by atoms with van der Waals surface area (Å²) in [4.78, 5) is 0. The first-order chi connectivity index (χ1) is 6.65. The molecule has 1 heterocycles. The van der Waals surface area contributed by atoms with E-state index in [2.05, 4.69) is 27.1 Å². The maximum atomic E-state index is 13.4. The monoisotopic (exact) mass is 323 g/mol. The van der Waals surface area contributed by atoms with Gasteiger partial charge in [-0.05, 0) is 29.0 Å². The van der Waals surface area contributed by atoms with Gasteiger partial charge in [-0.15, -0.1) is 0 Å². The predicted molar refractivity (Wildman–Crippen MR) is 66.6 cm³/mol. The van der Waals surface area contributed by atoms with Crippen LogP contribution < -0.4 is 5.73 Å². The predicted octanol–water partition coefficient (Wildman–Crippen LogP) is 2.86. The topological polar surface area (TPSA) is 43.8 Å². The Balaban J connectivity index is 2.86. The lowest BCUT2D eigenvalue weighted by atomic mass is 10.1. The van der Waals surface area contributed by atoms with Gasteiger partial charge in [-0.3, -0.25) is 0 Å². The summed E-state index contributed by atoms with van der Waals surface area (Å²) in [6.07, 6.45) is 2.13. The van der Waals surface area contributed by atoms with Gasteiger partial charge in [0, 0.05) is 22.7 Å². The number of halogens is 2. The molecule has 0 spiro atoms. The number of nitrogens with two attached hydrogens (primary N) is 1. The molecule has 0 amide bonds. The van der Waals surface area contributed by atoms with Crippen LogP contribution >= 0.6 is 28.4 Å². The normalized spacial score (nSPS) is 11.9. The minimum absolute atomic E-state index is 0.272. The van der Waals surface area contributed by atoms with Crippen molar-refractivity contribution < 1.29 is 4.39 Å². The first-order valence-electron chi connectivity index (χ1n) is 3.94. The highest BCUT2D eigenvalue weighted by molar-refractivity contribution is 14.2. The van der Waals surface area contributed by atoms with Gasteiger partial charge in [0.1, 0.15) is 5.82 Å². The maximum absolute atomic E-state index is 13.4. The van der Waals surface area contributed by atoms with Crippen molar-refractivity contribution in [1.29, 1.82) is 0 Å². The number of fused-ring (bicyclic) bond motifs is 1. The number of benzene rings is 1. The van der Waals surface area contributed by atoms with Crippen molar-refractivity contribution in [3.8, 4) is 0 Å². The van der Waals surface area contributed by atoms with Gasteiger partial charge in [-0.25, -0.2) is 8.84 Å². The third-order valence-corrected chi connectivity index (χ3v) is 4.09. The van der Waals surface area contributed by atoms with Crippen molar-refractivity contribution >= 4 is 45.0 Å². The molecule has 1 aromatic heterocycles.